The van der Waals surface area contributed by atoms with Crippen LogP contribution in [0.15, 0.2) is 23.2 Å². The number of nitrogens with one attached hydrogen (secondary N) is 2. The van der Waals surface area contributed by atoms with Crippen LogP contribution in [0.3, 0.4) is 0 Å². The number of hydrogen-bond donors (Lipinski definition) is 2. The summed E-state index contributed by atoms with van der Waals surface area (Å²) in [6, 6.07) is 3.06. The summed E-state index contributed by atoms with van der Waals surface area (Å²) in [4.78, 5) is 4.33. The van der Waals surface area contributed by atoms with Crippen LogP contribution in [0.4, 0.5) is 5.82 Å². The average Bonchev–Trinajstić information content (AvgIpc) is 2.24. The van der Waals surface area contributed by atoms with Crippen molar-refractivity contribution in [3.63, 3.8) is 0 Å². The number of hydrogen-bond acceptors (Lipinski definition) is 4. The molecule has 21 heavy (non-hydrogen) atoms. The van der Waals surface area contributed by atoms with E-state index in [0.29, 0.717) is 12.4 Å². The molecule has 0 fully saturated rings. The van der Waals surface area contributed by atoms with Crippen LogP contribution in [0.25, 0.3) is 0 Å². The summed E-state index contributed by atoms with van der Waals surface area (Å²) in [5.74, 6) is 0.564. The van der Waals surface area contributed by atoms with Gasteiger partial charge in [-0.1, -0.05) is 20.8 Å². The third-order valence-corrected chi connectivity index (χ3v) is 4.48. The quantitative estimate of drug-likeness (QED) is 0.847. The Bertz CT molecular complexity index is 575. The van der Waals surface area contributed by atoms with Gasteiger partial charge in [-0.25, -0.2) is 18.1 Å². The Labute approximate surface area is 128 Å². The second-order valence-electron chi connectivity index (χ2n) is 7.13. The monoisotopic (exact) mass is 313 g/mol. The molecular formula is C15H27N3O2S. The maximum atomic E-state index is 12.5. The molecule has 0 saturated heterocycles. The van der Waals surface area contributed by atoms with E-state index in [2.05, 4.69) is 35.8 Å². The van der Waals surface area contributed by atoms with Crippen molar-refractivity contribution in [1.29, 1.82) is 0 Å². The molecule has 0 saturated carbocycles. The molecule has 120 valence electrons. The molecular weight excluding hydrogens is 286 g/mol. The highest BCUT2D eigenvalue weighted by molar-refractivity contribution is 7.89. The third kappa shape index (κ3) is 6.01. The van der Waals surface area contributed by atoms with Crippen molar-refractivity contribution < 1.29 is 8.42 Å². The van der Waals surface area contributed by atoms with Gasteiger partial charge in [-0.15, -0.1) is 0 Å². The number of rotatable bonds is 6. The van der Waals surface area contributed by atoms with Gasteiger partial charge in [-0.05, 0) is 38.7 Å². The predicted molar refractivity (Wildman–Crippen MR) is 86.9 cm³/mol. The number of pyridine rings is 1. The van der Waals surface area contributed by atoms with E-state index in [-0.39, 0.29) is 10.3 Å². The van der Waals surface area contributed by atoms with E-state index in [4.69, 9.17) is 0 Å². The Balaban J connectivity index is 2.98. The smallest absolute Gasteiger partial charge is 0.241 e. The first-order valence-corrected chi connectivity index (χ1v) is 8.67. The summed E-state index contributed by atoms with van der Waals surface area (Å²) in [6.45, 7) is 12.7. The number of aromatic nitrogens is 1. The van der Waals surface area contributed by atoms with Crippen LogP contribution >= 0.6 is 0 Å². The van der Waals surface area contributed by atoms with Gasteiger partial charge in [0.25, 0.3) is 0 Å². The fraction of sp³-hybridized carbons (Fsp3) is 0.667. The summed E-state index contributed by atoms with van der Waals surface area (Å²) in [6.07, 6.45) is 2.24. The second kappa shape index (κ2) is 6.32. The second-order valence-corrected chi connectivity index (χ2v) is 8.82. The minimum atomic E-state index is -3.56. The molecule has 0 amide bonds. The van der Waals surface area contributed by atoms with Gasteiger partial charge < -0.3 is 5.32 Å². The Morgan fingerprint density at radius 3 is 2.33 bits per heavy atom. The van der Waals surface area contributed by atoms with Crippen molar-refractivity contribution in [2.24, 2.45) is 5.41 Å². The highest BCUT2D eigenvalue weighted by Gasteiger charge is 2.30. The van der Waals surface area contributed by atoms with Crippen LogP contribution in [0.5, 0.6) is 0 Å². The molecule has 2 N–H and O–H groups in total. The van der Waals surface area contributed by atoms with E-state index in [0.717, 1.165) is 6.42 Å². The Kier molecular flexibility index (Phi) is 5.39. The lowest BCUT2D eigenvalue weighted by Crippen LogP contribution is -2.45. The lowest BCUT2D eigenvalue weighted by Gasteiger charge is -2.33. The summed E-state index contributed by atoms with van der Waals surface area (Å²) >= 11 is 0. The molecule has 0 spiro atoms. The van der Waals surface area contributed by atoms with E-state index in [1.807, 2.05) is 20.8 Å². The first kappa shape index (κ1) is 17.9. The van der Waals surface area contributed by atoms with E-state index in [1.165, 1.54) is 12.3 Å². The fourth-order valence-electron chi connectivity index (χ4n) is 2.64. The van der Waals surface area contributed by atoms with E-state index in [9.17, 15) is 8.42 Å². The predicted octanol–water partition coefficient (Wildman–Crippen LogP) is 3.01. The summed E-state index contributed by atoms with van der Waals surface area (Å²) in [7, 11) is -3.56. The van der Waals surface area contributed by atoms with Gasteiger partial charge in [0.1, 0.15) is 5.82 Å². The highest BCUT2D eigenvalue weighted by atomic mass is 32.2. The van der Waals surface area contributed by atoms with Gasteiger partial charge >= 0.3 is 0 Å². The Morgan fingerprint density at radius 2 is 1.81 bits per heavy atom. The largest absolute Gasteiger partial charge is 0.370 e. The van der Waals surface area contributed by atoms with Crippen molar-refractivity contribution in [3.8, 4) is 0 Å². The first-order chi connectivity index (χ1) is 9.45. The van der Waals surface area contributed by atoms with Gasteiger partial charge in [0, 0.05) is 24.3 Å². The average molecular weight is 313 g/mol. The standard InChI is InChI=1S/C15H27N3O2S/c1-7-16-13-10-12(8-9-17-13)21(19,20)18-15(5,6)11-14(2,3)4/h8-10,18H,7,11H2,1-6H3,(H,16,17). The van der Waals surface area contributed by atoms with Gasteiger partial charge in [-0.3, -0.25) is 0 Å². The number of sulfonamides is 1. The molecule has 1 aromatic heterocycles. The molecule has 0 aliphatic heterocycles. The van der Waals surface area contributed by atoms with Gasteiger partial charge in [0.2, 0.25) is 10.0 Å². The molecule has 0 atom stereocenters. The van der Waals surface area contributed by atoms with Crippen LogP contribution in [0, 0.1) is 5.41 Å². The van der Waals surface area contributed by atoms with Crippen LogP contribution in [-0.2, 0) is 10.0 Å². The topological polar surface area (TPSA) is 71.1 Å². The molecule has 1 heterocycles. The molecule has 6 heteroatoms. The van der Waals surface area contributed by atoms with Crippen molar-refractivity contribution in [3.05, 3.63) is 18.3 Å². The first-order valence-electron chi connectivity index (χ1n) is 7.19. The van der Waals surface area contributed by atoms with Crippen LogP contribution in [-0.4, -0.2) is 25.5 Å². The minimum Gasteiger partial charge on any atom is -0.370 e. The molecule has 0 unspecified atom stereocenters. The summed E-state index contributed by atoms with van der Waals surface area (Å²) in [5.41, 5.74) is -0.474. The zero-order valence-corrected chi connectivity index (χ0v) is 14.6. The molecule has 5 nitrogen and oxygen atoms in total. The zero-order chi connectivity index (χ0) is 16.3. The molecule has 0 aliphatic carbocycles. The summed E-state index contributed by atoms with van der Waals surface area (Å²) < 4.78 is 27.8. The van der Waals surface area contributed by atoms with E-state index in [1.54, 1.807) is 6.07 Å². The van der Waals surface area contributed by atoms with Crippen LogP contribution in [0.2, 0.25) is 0 Å². The third-order valence-electron chi connectivity index (χ3n) is 2.78. The lowest BCUT2D eigenvalue weighted by molar-refractivity contribution is 0.269. The number of nitrogens with zero attached hydrogens (tertiary/aromatic N) is 1. The van der Waals surface area contributed by atoms with Crippen LogP contribution in [0.1, 0.15) is 48.0 Å². The van der Waals surface area contributed by atoms with Crippen molar-refractivity contribution in [2.75, 3.05) is 11.9 Å². The van der Waals surface area contributed by atoms with Crippen molar-refractivity contribution in [1.82, 2.24) is 9.71 Å². The molecule has 0 aromatic carbocycles. The molecule has 1 rings (SSSR count). The van der Waals surface area contributed by atoms with Gasteiger partial charge in [0.05, 0.1) is 4.90 Å². The maximum Gasteiger partial charge on any atom is 0.241 e. The normalized spacial score (nSPS) is 13.2. The Hall–Kier alpha value is -1.14. The highest BCUT2D eigenvalue weighted by Crippen LogP contribution is 2.28. The lowest BCUT2D eigenvalue weighted by atomic mass is 9.82. The molecule has 0 bridgehead atoms. The number of anilines is 1. The van der Waals surface area contributed by atoms with Gasteiger partial charge in [0.15, 0.2) is 0 Å². The SMILES string of the molecule is CCNc1cc(S(=O)(=O)NC(C)(C)CC(C)(C)C)ccn1. The fourth-order valence-corrected chi connectivity index (χ4v) is 4.06. The van der Waals surface area contributed by atoms with Crippen LogP contribution < -0.4 is 10.0 Å². The maximum absolute atomic E-state index is 12.5. The van der Waals surface area contributed by atoms with Gasteiger partial charge in [-0.2, -0.15) is 0 Å². The van der Waals surface area contributed by atoms with E-state index >= 15 is 0 Å². The molecule has 0 radical (unpaired) electrons. The minimum absolute atomic E-state index is 0.0409. The van der Waals surface area contributed by atoms with E-state index < -0.39 is 15.6 Å². The molecule has 0 aliphatic rings. The van der Waals surface area contributed by atoms with Crippen molar-refractivity contribution in [2.45, 2.75) is 58.4 Å². The van der Waals surface area contributed by atoms with Crippen molar-refractivity contribution >= 4 is 15.8 Å². The zero-order valence-electron chi connectivity index (χ0n) is 13.8. The summed E-state index contributed by atoms with van der Waals surface area (Å²) in [5, 5.41) is 3.02. The Morgan fingerprint density at radius 1 is 1.19 bits per heavy atom. The molecule has 1 aromatic rings.